The smallest absolute Gasteiger partial charge is 0.0458 e. The third-order valence-electron chi connectivity index (χ3n) is 10.2. The third-order valence-corrected chi connectivity index (χ3v) is 10.2. The van der Waals surface area contributed by atoms with Gasteiger partial charge in [0, 0.05) is 17.1 Å². The summed E-state index contributed by atoms with van der Waals surface area (Å²) < 4.78 is 0. The van der Waals surface area contributed by atoms with Crippen molar-refractivity contribution in [2.45, 2.75) is 19.8 Å². The van der Waals surface area contributed by atoms with E-state index in [1.165, 1.54) is 88.7 Å². The number of nitrogens with zero attached hydrogens (tertiary/aromatic N) is 1. The zero-order chi connectivity index (χ0) is 33.4. The first kappa shape index (κ1) is 29.9. The van der Waals surface area contributed by atoms with E-state index in [9.17, 15) is 0 Å². The molecule has 0 atom stereocenters. The van der Waals surface area contributed by atoms with Crippen LogP contribution in [-0.2, 0) is 6.42 Å². The molecule has 8 aromatic carbocycles. The van der Waals surface area contributed by atoms with E-state index in [0.29, 0.717) is 0 Å². The summed E-state index contributed by atoms with van der Waals surface area (Å²) in [5.74, 6) is 0. The molecule has 0 aromatic heterocycles. The van der Waals surface area contributed by atoms with Crippen LogP contribution in [0.25, 0.3) is 61.0 Å². The predicted molar refractivity (Wildman–Crippen MR) is 214 cm³/mol. The third kappa shape index (κ3) is 5.19. The summed E-state index contributed by atoms with van der Waals surface area (Å²) in [4.78, 5) is 2.44. The average molecular weight is 640 g/mol. The van der Waals surface area contributed by atoms with Gasteiger partial charge in [0.05, 0.1) is 0 Å². The molecule has 0 saturated carbocycles. The number of rotatable bonds is 6. The number of hydrogen-bond donors (Lipinski definition) is 0. The molecule has 0 unspecified atom stereocenters. The van der Waals surface area contributed by atoms with Gasteiger partial charge in [-0.2, -0.15) is 0 Å². The van der Waals surface area contributed by atoms with Gasteiger partial charge in [0.15, 0.2) is 0 Å². The highest BCUT2D eigenvalue weighted by molar-refractivity contribution is 6.24. The van der Waals surface area contributed by atoms with Crippen LogP contribution in [0.15, 0.2) is 182 Å². The van der Waals surface area contributed by atoms with Gasteiger partial charge in [-0.05, 0) is 122 Å². The van der Waals surface area contributed by atoms with Gasteiger partial charge in [-0.25, -0.2) is 0 Å². The molecular weight excluding hydrogens is 603 g/mol. The molecular formula is C49H37N. The first-order valence-electron chi connectivity index (χ1n) is 17.6. The number of para-hydroxylation sites is 2. The summed E-state index contributed by atoms with van der Waals surface area (Å²) in [5.41, 5.74) is 15.2. The molecule has 1 aliphatic carbocycles. The molecule has 0 heterocycles. The fourth-order valence-corrected chi connectivity index (χ4v) is 7.94. The molecule has 50 heavy (non-hydrogen) atoms. The normalized spacial score (nSPS) is 12.5. The van der Waals surface area contributed by atoms with Crippen molar-refractivity contribution >= 4 is 39.0 Å². The Hall–Kier alpha value is -6.18. The van der Waals surface area contributed by atoms with E-state index in [1.807, 2.05) is 0 Å². The number of allylic oxidation sites excluding steroid dienone is 1. The lowest BCUT2D eigenvalue weighted by Gasteiger charge is -2.32. The van der Waals surface area contributed by atoms with Crippen LogP contribution in [0.2, 0.25) is 0 Å². The van der Waals surface area contributed by atoms with E-state index < -0.39 is 0 Å². The van der Waals surface area contributed by atoms with Crippen LogP contribution >= 0.6 is 0 Å². The molecule has 9 rings (SSSR count). The van der Waals surface area contributed by atoms with Gasteiger partial charge in [-0.1, -0.05) is 151 Å². The Morgan fingerprint density at radius 2 is 0.960 bits per heavy atom. The highest BCUT2D eigenvalue weighted by atomic mass is 15.1. The van der Waals surface area contributed by atoms with Gasteiger partial charge >= 0.3 is 0 Å². The Morgan fingerprint density at radius 1 is 0.440 bits per heavy atom. The first-order chi connectivity index (χ1) is 24.7. The van der Waals surface area contributed by atoms with E-state index >= 15 is 0 Å². The highest BCUT2D eigenvalue weighted by Gasteiger charge is 2.27. The number of benzene rings is 8. The lowest BCUT2D eigenvalue weighted by Crippen LogP contribution is -2.19. The lowest BCUT2D eigenvalue weighted by molar-refractivity contribution is 0.903. The Bertz CT molecular complexity index is 2460. The summed E-state index contributed by atoms with van der Waals surface area (Å²) >= 11 is 0. The number of fused-ring (bicyclic) bond motifs is 6. The Labute approximate surface area is 294 Å². The lowest BCUT2D eigenvalue weighted by atomic mass is 9.78. The van der Waals surface area contributed by atoms with Crippen molar-refractivity contribution in [1.82, 2.24) is 0 Å². The molecule has 238 valence electrons. The maximum absolute atomic E-state index is 2.48. The van der Waals surface area contributed by atoms with Gasteiger partial charge in [0.1, 0.15) is 0 Å². The standard InChI is InChI=1S/C49H37N/c1-34-26-28-36(29-27-34)45-33-44(35-16-6-2-7-17-35)47(37-18-8-3-9-19-37)49-43-31-30-40(32-46(43)41-24-14-15-25-42(41)48(45)49)50(38-20-10-4-11-21-38)39-22-12-5-13-23-39/h2-29,32-33H,30-31H2,1H3. The molecule has 0 bridgehead atoms. The van der Waals surface area contributed by atoms with Crippen molar-refractivity contribution in [2.24, 2.45) is 0 Å². The van der Waals surface area contributed by atoms with E-state index in [2.05, 4.69) is 194 Å². The van der Waals surface area contributed by atoms with Crippen LogP contribution in [0.5, 0.6) is 0 Å². The largest absolute Gasteiger partial charge is 0.314 e. The highest BCUT2D eigenvalue weighted by Crippen LogP contribution is 2.50. The summed E-state index contributed by atoms with van der Waals surface area (Å²) in [6, 6.07) is 64.2. The SMILES string of the molecule is Cc1ccc(-c2cc(-c3ccccc3)c(-c3ccccc3)c3c4c(c5ccccc5c23)C=C(N(c2ccccc2)c2ccccc2)CC4)cc1. The monoisotopic (exact) mass is 639 g/mol. The fourth-order valence-electron chi connectivity index (χ4n) is 7.94. The molecule has 0 saturated heterocycles. The van der Waals surface area contributed by atoms with Crippen LogP contribution in [-0.4, -0.2) is 0 Å². The van der Waals surface area contributed by atoms with Crippen molar-refractivity contribution in [3.63, 3.8) is 0 Å². The van der Waals surface area contributed by atoms with Gasteiger partial charge in [-0.3, -0.25) is 0 Å². The summed E-state index contributed by atoms with van der Waals surface area (Å²) in [5, 5.41) is 5.29. The molecule has 0 fully saturated rings. The maximum atomic E-state index is 2.48. The van der Waals surface area contributed by atoms with Gasteiger partial charge in [-0.15, -0.1) is 0 Å². The van der Waals surface area contributed by atoms with Crippen molar-refractivity contribution < 1.29 is 0 Å². The summed E-state index contributed by atoms with van der Waals surface area (Å²) in [7, 11) is 0. The van der Waals surface area contributed by atoms with Gasteiger partial charge in [0.25, 0.3) is 0 Å². The topological polar surface area (TPSA) is 3.24 Å². The molecule has 1 nitrogen and oxygen atoms in total. The minimum atomic E-state index is 0.924. The molecule has 0 spiro atoms. The second-order valence-corrected chi connectivity index (χ2v) is 13.3. The Morgan fingerprint density at radius 3 is 1.58 bits per heavy atom. The van der Waals surface area contributed by atoms with Crippen LogP contribution in [0.1, 0.15) is 23.1 Å². The number of anilines is 2. The molecule has 0 radical (unpaired) electrons. The Kier molecular flexibility index (Phi) is 7.59. The summed E-state index contributed by atoms with van der Waals surface area (Å²) in [6.45, 7) is 2.17. The molecule has 1 aliphatic rings. The maximum Gasteiger partial charge on any atom is 0.0458 e. The fraction of sp³-hybridized carbons (Fsp3) is 0.0612. The van der Waals surface area contributed by atoms with E-state index in [4.69, 9.17) is 0 Å². The zero-order valence-electron chi connectivity index (χ0n) is 28.2. The molecule has 0 N–H and O–H groups in total. The molecule has 1 heteroatoms. The van der Waals surface area contributed by atoms with Crippen molar-refractivity contribution in [2.75, 3.05) is 4.90 Å². The second kappa shape index (κ2) is 12.7. The van der Waals surface area contributed by atoms with E-state index in [0.717, 1.165) is 12.8 Å². The van der Waals surface area contributed by atoms with Gasteiger partial charge in [0.2, 0.25) is 0 Å². The summed E-state index contributed by atoms with van der Waals surface area (Å²) in [6.07, 6.45) is 4.34. The number of hydrogen-bond acceptors (Lipinski definition) is 1. The first-order valence-corrected chi connectivity index (χ1v) is 17.6. The zero-order valence-corrected chi connectivity index (χ0v) is 28.2. The minimum Gasteiger partial charge on any atom is -0.314 e. The van der Waals surface area contributed by atoms with Crippen molar-refractivity contribution in [1.29, 1.82) is 0 Å². The molecule has 0 aliphatic heterocycles. The predicted octanol–water partition coefficient (Wildman–Crippen LogP) is 13.4. The number of aryl methyl sites for hydroxylation is 2. The average Bonchev–Trinajstić information content (AvgIpc) is 3.19. The Balaban J connectivity index is 1.43. The van der Waals surface area contributed by atoms with Crippen LogP contribution in [0.3, 0.4) is 0 Å². The van der Waals surface area contributed by atoms with Crippen LogP contribution in [0, 0.1) is 6.92 Å². The second-order valence-electron chi connectivity index (χ2n) is 13.3. The molecule has 0 amide bonds. The van der Waals surface area contributed by atoms with E-state index in [1.54, 1.807) is 0 Å². The van der Waals surface area contributed by atoms with E-state index in [-0.39, 0.29) is 0 Å². The molecule has 8 aromatic rings. The van der Waals surface area contributed by atoms with Crippen molar-refractivity contribution in [3.05, 3.63) is 198 Å². The minimum absolute atomic E-state index is 0.924. The quantitative estimate of drug-likeness (QED) is 0.164. The van der Waals surface area contributed by atoms with Crippen molar-refractivity contribution in [3.8, 4) is 33.4 Å². The van der Waals surface area contributed by atoms with Crippen LogP contribution in [0.4, 0.5) is 11.4 Å². The van der Waals surface area contributed by atoms with Gasteiger partial charge < -0.3 is 4.90 Å². The van der Waals surface area contributed by atoms with Crippen LogP contribution < -0.4 is 4.90 Å².